The summed E-state index contributed by atoms with van der Waals surface area (Å²) < 4.78 is 0. The summed E-state index contributed by atoms with van der Waals surface area (Å²) in [5, 5.41) is 5.50. The van der Waals surface area contributed by atoms with Crippen LogP contribution in [0.2, 0.25) is 0 Å². The Kier molecular flexibility index (Phi) is 4.17. The molecule has 5 heteroatoms. The molecule has 0 aliphatic carbocycles. The molecule has 3 N–H and O–H groups in total. The molecule has 2 aromatic rings. The van der Waals surface area contributed by atoms with Crippen molar-refractivity contribution in [2.45, 2.75) is 19.3 Å². The first kappa shape index (κ1) is 14.0. The average molecular weight is 291 g/mol. The monoisotopic (exact) mass is 291 g/mol. The van der Waals surface area contributed by atoms with Gasteiger partial charge in [0.1, 0.15) is 10.7 Å². The maximum atomic E-state index is 5.68. The fraction of sp³-hybridized carbons (Fsp3) is 0.286. The number of hydrogen-bond donors (Lipinski definition) is 2. The van der Waals surface area contributed by atoms with Gasteiger partial charge in [-0.15, -0.1) is 11.3 Å². The second kappa shape index (κ2) is 5.67. The molecule has 0 radical (unpaired) electrons. The van der Waals surface area contributed by atoms with E-state index in [0.29, 0.717) is 10.7 Å². The highest BCUT2D eigenvalue weighted by molar-refractivity contribution is 7.80. The summed E-state index contributed by atoms with van der Waals surface area (Å²) in [5.41, 5.74) is 7.27. The number of nitrogens with one attached hydrogen (secondary N) is 1. The number of aromatic nitrogens is 1. The Morgan fingerprint density at radius 1 is 1.42 bits per heavy atom. The lowest BCUT2D eigenvalue weighted by Gasteiger charge is -2.24. The molecule has 0 saturated heterocycles. The molecule has 2 aromatic heterocycles. The van der Waals surface area contributed by atoms with E-state index in [1.807, 2.05) is 12.1 Å². The molecule has 0 unspecified atom stereocenters. The lowest BCUT2D eigenvalue weighted by Crippen LogP contribution is -2.27. The van der Waals surface area contributed by atoms with Crippen LogP contribution in [0.3, 0.4) is 0 Å². The number of rotatable bonds is 5. The summed E-state index contributed by atoms with van der Waals surface area (Å²) in [5.74, 6) is 0. The summed E-state index contributed by atoms with van der Waals surface area (Å²) in [7, 11) is 0. The van der Waals surface area contributed by atoms with Crippen LogP contribution < -0.4 is 11.1 Å². The van der Waals surface area contributed by atoms with Gasteiger partial charge < -0.3 is 11.1 Å². The van der Waals surface area contributed by atoms with Gasteiger partial charge in [-0.25, -0.2) is 0 Å². The Balaban J connectivity index is 2.13. The molecule has 19 heavy (non-hydrogen) atoms. The molecule has 0 atom stereocenters. The third-order valence-electron chi connectivity index (χ3n) is 2.95. The van der Waals surface area contributed by atoms with E-state index in [2.05, 4.69) is 41.7 Å². The van der Waals surface area contributed by atoms with Crippen molar-refractivity contribution in [3.8, 4) is 0 Å². The second-order valence-corrected chi connectivity index (χ2v) is 6.37. The van der Waals surface area contributed by atoms with Crippen LogP contribution in [0, 0.1) is 0 Å². The van der Waals surface area contributed by atoms with E-state index in [4.69, 9.17) is 18.0 Å². The third-order valence-corrected chi connectivity index (χ3v) is 4.38. The van der Waals surface area contributed by atoms with Crippen molar-refractivity contribution in [1.29, 1.82) is 0 Å². The van der Waals surface area contributed by atoms with Crippen LogP contribution in [-0.4, -0.2) is 16.5 Å². The average Bonchev–Trinajstić information content (AvgIpc) is 2.91. The van der Waals surface area contributed by atoms with Gasteiger partial charge in [0, 0.05) is 23.0 Å². The van der Waals surface area contributed by atoms with Crippen LogP contribution in [0.1, 0.15) is 24.4 Å². The number of pyridine rings is 1. The zero-order valence-electron chi connectivity index (χ0n) is 11.0. The van der Waals surface area contributed by atoms with Crippen LogP contribution in [0.5, 0.6) is 0 Å². The maximum Gasteiger partial charge on any atom is 0.124 e. The van der Waals surface area contributed by atoms with Crippen molar-refractivity contribution in [3.63, 3.8) is 0 Å². The Hall–Kier alpha value is -1.46. The molecule has 0 aliphatic rings. The Labute approximate surface area is 122 Å². The molecule has 2 heterocycles. The summed E-state index contributed by atoms with van der Waals surface area (Å²) in [6, 6.07) is 8.06. The molecular formula is C14H17N3S2. The highest BCUT2D eigenvalue weighted by atomic mass is 32.1. The SMILES string of the molecule is CC(C)(CNc1cccnc1C(N)=S)c1cccs1. The highest BCUT2D eigenvalue weighted by Gasteiger charge is 2.22. The zero-order valence-corrected chi connectivity index (χ0v) is 12.6. The van der Waals surface area contributed by atoms with E-state index in [0.717, 1.165) is 12.2 Å². The largest absolute Gasteiger partial charge is 0.388 e. The normalized spacial score (nSPS) is 11.3. The van der Waals surface area contributed by atoms with Gasteiger partial charge in [0.15, 0.2) is 0 Å². The number of anilines is 1. The number of thiophene rings is 1. The van der Waals surface area contributed by atoms with E-state index >= 15 is 0 Å². The van der Waals surface area contributed by atoms with Crippen LogP contribution in [0.4, 0.5) is 5.69 Å². The second-order valence-electron chi connectivity index (χ2n) is 4.98. The Morgan fingerprint density at radius 3 is 2.84 bits per heavy atom. The Bertz CT molecular complexity index is 562. The molecule has 3 nitrogen and oxygen atoms in total. The minimum Gasteiger partial charge on any atom is -0.388 e. The minimum atomic E-state index is 0.0531. The highest BCUT2D eigenvalue weighted by Crippen LogP contribution is 2.28. The molecule has 0 saturated carbocycles. The minimum absolute atomic E-state index is 0.0531. The Morgan fingerprint density at radius 2 is 2.21 bits per heavy atom. The van der Waals surface area contributed by atoms with E-state index in [1.165, 1.54) is 4.88 Å². The quantitative estimate of drug-likeness (QED) is 0.831. The molecular weight excluding hydrogens is 274 g/mol. The molecule has 0 aromatic carbocycles. The van der Waals surface area contributed by atoms with Crippen molar-refractivity contribution in [1.82, 2.24) is 4.98 Å². The molecule has 0 aliphatic heterocycles. The van der Waals surface area contributed by atoms with Gasteiger partial charge in [0.2, 0.25) is 0 Å². The lowest BCUT2D eigenvalue weighted by atomic mass is 9.91. The summed E-state index contributed by atoms with van der Waals surface area (Å²) in [6.07, 6.45) is 1.70. The van der Waals surface area contributed by atoms with E-state index in [-0.39, 0.29) is 5.41 Å². The fourth-order valence-corrected chi connectivity index (χ4v) is 2.83. The third kappa shape index (κ3) is 3.30. The van der Waals surface area contributed by atoms with Crippen molar-refractivity contribution in [3.05, 3.63) is 46.4 Å². The van der Waals surface area contributed by atoms with Crippen molar-refractivity contribution in [2.75, 3.05) is 11.9 Å². The molecule has 0 spiro atoms. The van der Waals surface area contributed by atoms with Gasteiger partial charge >= 0.3 is 0 Å². The van der Waals surface area contributed by atoms with Crippen LogP contribution >= 0.6 is 23.6 Å². The lowest BCUT2D eigenvalue weighted by molar-refractivity contribution is 0.569. The standard InChI is InChI=1S/C14H17N3S2/c1-14(2,11-6-4-8-19-11)9-17-10-5-3-7-16-12(10)13(15)18/h3-8,17H,9H2,1-2H3,(H2,15,18). The van der Waals surface area contributed by atoms with Gasteiger partial charge in [0.05, 0.1) is 5.69 Å². The fourth-order valence-electron chi connectivity index (χ4n) is 1.81. The molecule has 2 rings (SSSR count). The van der Waals surface area contributed by atoms with Crippen LogP contribution in [0.15, 0.2) is 35.8 Å². The number of thiocarbonyl (C=S) groups is 1. The predicted octanol–water partition coefficient (Wildman–Crippen LogP) is 3.17. The number of nitrogens with zero attached hydrogens (tertiary/aromatic N) is 1. The van der Waals surface area contributed by atoms with E-state index in [1.54, 1.807) is 17.5 Å². The maximum absolute atomic E-state index is 5.68. The first-order valence-electron chi connectivity index (χ1n) is 6.03. The predicted molar refractivity (Wildman–Crippen MR) is 86.0 cm³/mol. The molecule has 0 amide bonds. The first-order valence-corrected chi connectivity index (χ1v) is 7.32. The van der Waals surface area contributed by atoms with Gasteiger partial charge in [-0.05, 0) is 23.6 Å². The number of hydrogen-bond acceptors (Lipinski definition) is 4. The van der Waals surface area contributed by atoms with E-state index in [9.17, 15) is 0 Å². The van der Waals surface area contributed by atoms with Gasteiger partial charge in [-0.2, -0.15) is 0 Å². The summed E-state index contributed by atoms with van der Waals surface area (Å²) >= 11 is 6.78. The summed E-state index contributed by atoms with van der Waals surface area (Å²) in [4.78, 5) is 5.88. The van der Waals surface area contributed by atoms with Crippen molar-refractivity contribution in [2.24, 2.45) is 5.73 Å². The first-order chi connectivity index (χ1) is 9.00. The molecule has 0 bridgehead atoms. The zero-order chi connectivity index (χ0) is 13.9. The molecule has 0 fully saturated rings. The van der Waals surface area contributed by atoms with Gasteiger partial charge in [-0.1, -0.05) is 32.1 Å². The van der Waals surface area contributed by atoms with Crippen LogP contribution in [0.25, 0.3) is 0 Å². The van der Waals surface area contributed by atoms with Crippen molar-refractivity contribution < 1.29 is 0 Å². The van der Waals surface area contributed by atoms with E-state index < -0.39 is 0 Å². The van der Waals surface area contributed by atoms with Crippen LogP contribution in [-0.2, 0) is 5.41 Å². The number of nitrogens with two attached hydrogens (primary N) is 1. The van der Waals surface area contributed by atoms with Gasteiger partial charge in [-0.3, -0.25) is 4.98 Å². The van der Waals surface area contributed by atoms with Gasteiger partial charge in [0.25, 0.3) is 0 Å². The van der Waals surface area contributed by atoms with Crippen molar-refractivity contribution >= 4 is 34.2 Å². The molecule has 100 valence electrons. The smallest absolute Gasteiger partial charge is 0.124 e. The summed E-state index contributed by atoms with van der Waals surface area (Å²) in [6.45, 7) is 5.22. The topological polar surface area (TPSA) is 50.9 Å².